The summed E-state index contributed by atoms with van der Waals surface area (Å²) >= 11 is 0. The first kappa shape index (κ1) is 11.2. The van der Waals surface area contributed by atoms with Crippen molar-refractivity contribution in [3.63, 3.8) is 0 Å². The third-order valence-electron chi connectivity index (χ3n) is 3.46. The zero-order chi connectivity index (χ0) is 11.7. The van der Waals surface area contributed by atoms with Gasteiger partial charge in [-0.05, 0) is 19.3 Å². The van der Waals surface area contributed by atoms with Gasteiger partial charge in [-0.25, -0.2) is 4.79 Å². The van der Waals surface area contributed by atoms with E-state index in [0.29, 0.717) is 13.1 Å². The Kier molecular flexibility index (Phi) is 3.00. The molecular formula is C10H17N3O3. The lowest BCUT2D eigenvalue weighted by Gasteiger charge is -2.35. The quantitative estimate of drug-likeness (QED) is 0.643. The standard InChI is InChI=1S/C10H17N3O3/c11-8-3-6-13(9(8)14)7-1-4-12(5-2-7)10(15)16/h7-8H,1-6,11H2,(H,15,16). The van der Waals surface area contributed by atoms with Gasteiger partial charge >= 0.3 is 6.09 Å². The molecule has 3 N–H and O–H groups in total. The Labute approximate surface area is 94.0 Å². The van der Waals surface area contributed by atoms with Crippen LogP contribution in [0.4, 0.5) is 4.79 Å². The molecule has 2 rings (SSSR count). The van der Waals surface area contributed by atoms with Crippen molar-refractivity contribution in [1.29, 1.82) is 0 Å². The molecule has 6 heteroatoms. The summed E-state index contributed by atoms with van der Waals surface area (Å²) < 4.78 is 0. The summed E-state index contributed by atoms with van der Waals surface area (Å²) in [7, 11) is 0. The minimum absolute atomic E-state index is 0.0220. The highest BCUT2D eigenvalue weighted by Crippen LogP contribution is 2.21. The second-order valence-electron chi connectivity index (χ2n) is 4.43. The van der Waals surface area contributed by atoms with E-state index in [-0.39, 0.29) is 18.0 Å². The van der Waals surface area contributed by atoms with Crippen molar-refractivity contribution < 1.29 is 14.7 Å². The van der Waals surface area contributed by atoms with Gasteiger partial charge in [0.2, 0.25) is 5.91 Å². The molecule has 1 unspecified atom stereocenters. The average Bonchev–Trinajstić information content (AvgIpc) is 2.60. The molecule has 2 heterocycles. The number of carbonyl (C=O) groups is 2. The number of rotatable bonds is 1. The molecule has 0 spiro atoms. The van der Waals surface area contributed by atoms with Gasteiger partial charge in [-0.3, -0.25) is 4.79 Å². The van der Waals surface area contributed by atoms with Crippen LogP contribution in [-0.4, -0.2) is 58.6 Å². The number of nitrogens with zero attached hydrogens (tertiary/aromatic N) is 2. The van der Waals surface area contributed by atoms with E-state index in [9.17, 15) is 9.59 Å². The molecule has 0 bridgehead atoms. The molecule has 0 aromatic heterocycles. The molecule has 90 valence electrons. The lowest BCUT2D eigenvalue weighted by atomic mass is 10.0. The number of likely N-dealkylation sites (tertiary alicyclic amines) is 2. The van der Waals surface area contributed by atoms with E-state index in [2.05, 4.69) is 0 Å². The van der Waals surface area contributed by atoms with Gasteiger partial charge in [-0.1, -0.05) is 0 Å². The summed E-state index contributed by atoms with van der Waals surface area (Å²) in [6.45, 7) is 1.75. The summed E-state index contributed by atoms with van der Waals surface area (Å²) in [6.07, 6.45) is 1.30. The van der Waals surface area contributed by atoms with Gasteiger partial charge in [0, 0.05) is 25.7 Å². The maximum atomic E-state index is 11.7. The largest absolute Gasteiger partial charge is 0.465 e. The van der Waals surface area contributed by atoms with Crippen LogP contribution in [0.5, 0.6) is 0 Å². The first-order valence-electron chi connectivity index (χ1n) is 5.63. The molecule has 2 amide bonds. The van der Waals surface area contributed by atoms with Crippen molar-refractivity contribution in [2.45, 2.75) is 31.3 Å². The summed E-state index contributed by atoms with van der Waals surface area (Å²) in [6, 6.07) is -0.172. The predicted octanol–water partition coefficient (Wildman–Crippen LogP) is -0.312. The first-order valence-corrected chi connectivity index (χ1v) is 5.63. The molecule has 6 nitrogen and oxygen atoms in total. The lowest BCUT2D eigenvalue weighted by Crippen LogP contribution is -2.48. The molecule has 2 saturated heterocycles. The molecule has 0 saturated carbocycles. The van der Waals surface area contributed by atoms with Crippen LogP contribution in [0.2, 0.25) is 0 Å². The fraction of sp³-hybridized carbons (Fsp3) is 0.800. The summed E-state index contributed by atoms with van der Waals surface area (Å²) in [5, 5.41) is 8.81. The summed E-state index contributed by atoms with van der Waals surface area (Å²) in [5.74, 6) is 0.0220. The highest BCUT2D eigenvalue weighted by atomic mass is 16.4. The normalized spacial score (nSPS) is 27.6. The van der Waals surface area contributed by atoms with Crippen molar-refractivity contribution in [2.24, 2.45) is 5.73 Å². The minimum atomic E-state index is -0.872. The third-order valence-corrected chi connectivity index (χ3v) is 3.46. The first-order chi connectivity index (χ1) is 7.59. The Hall–Kier alpha value is -1.30. The highest BCUT2D eigenvalue weighted by molar-refractivity contribution is 5.84. The minimum Gasteiger partial charge on any atom is -0.465 e. The van der Waals surface area contributed by atoms with Gasteiger partial charge in [0.1, 0.15) is 0 Å². The molecule has 2 fully saturated rings. The maximum absolute atomic E-state index is 11.7. The Morgan fingerprint density at radius 2 is 1.88 bits per heavy atom. The molecule has 0 aliphatic carbocycles. The van der Waals surface area contributed by atoms with Crippen LogP contribution in [-0.2, 0) is 4.79 Å². The predicted molar refractivity (Wildman–Crippen MR) is 56.9 cm³/mol. The molecule has 2 aliphatic rings. The van der Waals surface area contributed by atoms with E-state index in [1.807, 2.05) is 4.90 Å². The molecule has 0 aromatic carbocycles. The monoisotopic (exact) mass is 227 g/mol. The summed E-state index contributed by atoms with van der Waals surface area (Å²) in [5.41, 5.74) is 5.66. The van der Waals surface area contributed by atoms with Gasteiger partial charge in [0.05, 0.1) is 6.04 Å². The number of hydrogen-bond acceptors (Lipinski definition) is 3. The number of piperidine rings is 1. The Morgan fingerprint density at radius 1 is 1.25 bits per heavy atom. The van der Waals surface area contributed by atoms with Crippen molar-refractivity contribution in [3.05, 3.63) is 0 Å². The molecule has 2 aliphatic heterocycles. The van der Waals surface area contributed by atoms with Crippen LogP contribution < -0.4 is 5.73 Å². The molecular weight excluding hydrogens is 210 g/mol. The van der Waals surface area contributed by atoms with Crippen molar-refractivity contribution in [3.8, 4) is 0 Å². The van der Waals surface area contributed by atoms with Crippen LogP contribution in [0.25, 0.3) is 0 Å². The van der Waals surface area contributed by atoms with Crippen LogP contribution >= 0.6 is 0 Å². The fourth-order valence-electron chi connectivity index (χ4n) is 2.46. The fourth-order valence-corrected chi connectivity index (χ4v) is 2.46. The summed E-state index contributed by atoms with van der Waals surface area (Å²) in [4.78, 5) is 25.6. The van der Waals surface area contributed by atoms with Crippen LogP contribution in [0, 0.1) is 0 Å². The lowest BCUT2D eigenvalue weighted by molar-refractivity contribution is -0.131. The number of nitrogens with two attached hydrogens (primary N) is 1. The number of amides is 2. The van der Waals surface area contributed by atoms with Crippen molar-refractivity contribution in [2.75, 3.05) is 19.6 Å². The van der Waals surface area contributed by atoms with Crippen molar-refractivity contribution in [1.82, 2.24) is 9.80 Å². The molecule has 16 heavy (non-hydrogen) atoms. The van der Waals surface area contributed by atoms with E-state index >= 15 is 0 Å². The number of hydrogen-bond donors (Lipinski definition) is 2. The highest BCUT2D eigenvalue weighted by Gasteiger charge is 2.35. The van der Waals surface area contributed by atoms with E-state index in [1.54, 1.807) is 0 Å². The van der Waals surface area contributed by atoms with Crippen molar-refractivity contribution >= 4 is 12.0 Å². The van der Waals surface area contributed by atoms with Gasteiger partial charge in [0.25, 0.3) is 0 Å². The van der Waals surface area contributed by atoms with Crippen LogP contribution in [0.3, 0.4) is 0 Å². The average molecular weight is 227 g/mol. The molecule has 1 atom stereocenters. The van der Waals surface area contributed by atoms with Gasteiger partial charge in [-0.2, -0.15) is 0 Å². The topological polar surface area (TPSA) is 86.9 Å². The second kappa shape index (κ2) is 4.29. The zero-order valence-electron chi connectivity index (χ0n) is 9.13. The zero-order valence-corrected chi connectivity index (χ0v) is 9.13. The van der Waals surface area contributed by atoms with E-state index in [0.717, 1.165) is 25.8 Å². The SMILES string of the molecule is NC1CCN(C2CCN(C(=O)O)CC2)C1=O. The Bertz CT molecular complexity index is 300. The Morgan fingerprint density at radius 3 is 2.31 bits per heavy atom. The van der Waals surface area contributed by atoms with E-state index in [4.69, 9.17) is 10.8 Å². The smallest absolute Gasteiger partial charge is 0.407 e. The van der Waals surface area contributed by atoms with Crippen LogP contribution in [0.1, 0.15) is 19.3 Å². The van der Waals surface area contributed by atoms with Gasteiger partial charge < -0.3 is 20.6 Å². The van der Waals surface area contributed by atoms with Gasteiger partial charge in [-0.15, -0.1) is 0 Å². The number of carboxylic acid groups (broad SMARTS) is 1. The maximum Gasteiger partial charge on any atom is 0.407 e. The van der Waals surface area contributed by atoms with E-state index in [1.165, 1.54) is 4.90 Å². The molecule has 0 aromatic rings. The second-order valence-corrected chi connectivity index (χ2v) is 4.43. The third kappa shape index (κ3) is 1.97. The Balaban J connectivity index is 1.90. The molecule has 0 radical (unpaired) electrons. The number of carbonyl (C=O) groups excluding carboxylic acids is 1. The van der Waals surface area contributed by atoms with E-state index < -0.39 is 6.09 Å². The van der Waals surface area contributed by atoms with Crippen LogP contribution in [0.15, 0.2) is 0 Å². The van der Waals surface area contributed by atoms with Gasteiger partial charge in [0.15, 0.2) is 0 Å².